The summed E-state index contributed by atoms with van der Waals surface area (Å²) in [4.78, 5) is 25.0. The third-order valence-corrected chi connectivity index (χ3v) is 4.76. The predicted octanol–water partition coefficient (Wildman–Crippen LogP) is 3.33. The van der Waals surface area contributed by atoms with Crippen molar-refractivity contribution in [3.63, 3.8) is 0 Å². The lowest BCUT2D eigenvalue weighted by Crippen LogP contribution is -2.46. The molecular formula is C21H19F2N5O. The second-order valence-electron chi connectivity index (χ2n) is 6.68. The molecule has 6 nitrogen and oxygen atoms in total. The first-order valence-electron chi connectivity index (χ1n) is 9.23. The van der Waals surface area contributed by atoms with Crippen molar-refractivity contribution in [2.45, 2.75) is 0 Å². The lowest BCUT2D eigenvalue weighted by Gasteiger charge is -2.36. The number of benzene rings is 2. The first kappa shape index (κ1) is 18.8. The Morgan fingerprint density at radius 1 is 0.862 bits per heavy atom. The minimum absolute atomic E-state index is 0.209. The van der Waals surface area contributed by atoms with Crippen LogP contribution in [-0.2, 0) is 0 Å². The molecule has 0 radical (unpaired) electrons. The molecule has 1 fully saturated rings. The highest BCUT2D eigenvalue weighted by Crippen LogP contribution is 2.20. The number of nitrogens with zero attached hydrogens (tertiary/aromatic N) is 4. The van der Waals surface area contributed by atoms with E-state index in [0.29, 0.717) is 24.6 Å². The highest BCUT2D eigenvalue weighted by molar-refractivity contribution is 6.03. The zero-order chi connectivity index (χ0) is 20.2. The largest absolute Gasteiger partial charge is 0.368 e. The smallest absolute Gasteiger partial charge is 0.274 e. The fourth-order valence-electron chi connectivity index (χ4n) is 3.25. The molecule has 0 aliphatic carbocycles. The molecule has 148 valence electrons. The van der Waals surface area contributed by atoms with Gasteiger partial charge in [-0.25, -0.2) is 18.7 Å². The van der Waals surface area contributed by atoms with Crippen LogP contribution < -0.4 is 15.1 Å². The number of anilines is 3. The summed E-state index contributed by atoms with van der Waals surface area (Å²) >= 11 is 0. The molecule has 0 spiro atoms. The monoisotopic (exact) mass is 395 g/mol. The number of halogens is 2. The Kier molecular flexibility index (Phi) is 5.33. The van der Waals surface area contributed by atoms with Crippen molar-refractivity contribution in [2.24, 2.45) is 0 Å². The first-order valence-corrected chi connectivity index (χ1v) is 9.23. The number of rotatable bonds is 4. The third-order valence-electron chi connectivity index (χ3n) is 4.76. The van der Waals surface area contributed by atoms with E-state index >= 15 is 0 Å². The summed E-state index contributed by atoms with van der Waals surface area (Å²) in [5.41, 5.74) is 1.55. The van der Waals surface area contributed by atoms with Crippen LogP contribution >= 0.6 is 0 Å². The summed E-state index contributed by atoms with van der Waals surface area (Å²) in [6, 6.07) is 13.8. The van der Waals surface area contributed by atoms with Gasteiger partial charge in [-0.1, -0.05) is 6.07 Å². The fraction of sp³-hybridized carbons (Fsp3) is 0.190. The highest BCUT2D eigenvalue weighted by Gasteiger charge is 2.20. The van der Waals surface area contributed by atoms with Gasteiger partial charge in [0.15, 0.2) is 0 Å². The van der Waals surface area contributed by atoms with Crippen molar-refractivity contribution in [3.05, 3.63) is 78.3 Å². The Bertz CT molecular complexity index is 1000. The molecule has 1 saturated heterocycles. The average Bonchev–Trinajstić information content (AvgIpc) is 2.74. The van der Waals surface area contributed by atoms with E-state index in [1.807, 2.05) is 0 Å². The lowest BCUT2D eigenvalue weighted by atomic mass is 10.2. The maximum atomic E-state index is 13.3. The molecule has 0 bridgehead atoms. The average molecular weight is 395 g/mol. The number of carbonyl (C=O) groups is 1. The third kappa shape index (κ3) is 4.48. The van der Waals surface area contributed by atoms with E-state index in [1.54, 1.807) is 24.3 Å². The number of nitrogens with one attached hydrogen (secondary N) is 1. The fourth-order valence-corrected chi connectivity index (χ4v) is 3.25. The van der Waals surface area contributed by atoms with Crippen LogP contribution in [0.25, 0.3) is 0 Å². The Labute approximate surface area is 166 Å². The predicted molar refractivity (Wildman–Crippen MR) is 107 cm³/mol. The van der Waals surface area contributed by atoms with E-state index in [-0.39, 0.29) is 11.5 Å². The number of carbonyl (C=O) groups excluding carboxylic acids is 1. The van der Waals surface area contributed by atoms with Gasteiger partial charge in [0.2, 0.25) is 0 Å². The van der Waals surface area contributed by atoms with Gasteiger partial charge in [0.25, 0.3) is 5.91 Å². The number of hydrogen-bond acceptors (Lipinski definition) is 5. The van der Waals surface area contributed by atoms with Gasteiger partial charge >= 0.3 is 0 Å². The van der Waals surface area contributed by atoms with Gasteiger partial charge in [0, 0.05) is 43.6 Å². The molecule has 4 rings (SSSR count). The maximum Gasteiger partial charge on any atom is 0.274 e. The maximum absolute atomic E-state index is 13.3. The lowest BCUT2D eigenvalue weighted by molar-refractivity contribution is 0.102. The summed E-state index contributed by atoms with van der Waals surface area (Å²) in [6.45, 7) is 2.92. The van der Waals surface area contributed by atoms with Crippen molar-refractivity contribution in [3.8, 4) is 0 Å². The Morgan fingerprint density at radius 3 is 2.31 bits per heavy atom. The molecular weight excluding hydrogens is 376 g/mol. The summed E-state index contributed by atoms with van der Waals surface area (Å²) in [5.74, 6) is -0.449. The Morgan fingerprint density at radius 2 is 1.59 bits per heavy atom. The molecule has 2 aromatic carbocycles. The van der Waals surface area contributed by atoms with Gasteiger partial charge in [-0.3, -0.25) is 4.79 Å². The topological polar surface area (TPSA) is 61.4 Å². The van der Waals surface area contributed by atoms with Gasteiger partial charge in [-0.05, 0) is 42.5 Å². The van der Waals surface area contributed by atoms with Crippen LogP contribution in [0.4, 0.5) is 26.0 Å². The zero-order valence-electron chi connectivity index (χ0n) is 15.6. The number of hydrogen-bond donors (Lipinski definition) is 1. The molecule has 1 amide bonds. The second-order valence-corrected chi connectivity index (χ2v) is 6.68. The van der Waals surface area contributed by atoms with Gasteiger partial charge in [0.05, 0.1) is 0 Å². The molecule has 3 aromatic rings. The molecule has 1 aliphatic rings. The quantitative estimate of drug-likeness (QED) is 0.734. The molecule has 29 heavy (non-hydrogen) atoms. The van der Waals surface area contributed by atoms with Gasteiger partial charge in [-0.2, -0.15) is 0 Å². The van der Waals surface area contributed by atoms with E-state index in [0.717, 1.165) is 18.8 Å². The SMILES string of the molecule is O=C(Nc1cccc(F)c1)c1cc(N2CCN(c3ccc(F)cc3)CC2)ncn1. The van der Waals surface area contributed by atoms with Crippen LogP contribution in [0.15, 0.2) is 60.9 Å². The normalized spacial score (nSPS) is 14.0. The summed E-state index contributed by atoms with van der Waals surface area (Å²) in [6.07, 6.45) is 1.35. The molecule has 1 aliphatic heterocycles. The molecule has 0 atom stereocenters. The van der Waals surface area contributed by atoms with Crippen LogP contribution in [0, 0.1) is 11.6 Å². The number of piperazine rings is 1. The molecule has 1 N–H and O–H groups in total. The van der Waals surface area contributed by atoms with Gasteiger partial charge in [0.1, 0.15) is 29.5 Å². The first-order chi connectivity index (χ1) is 14.1. The number of amides is 1. The highest BCUT2D eigenvalue weighted by atomic mass is 19.1. The standard InChI is InChI=1S/C21H19F2N5O/c22-15-4-6-18(7-5-15)27-8-10-28(11-9-27)20-13-19(24-14-25-20)21(29)26-17-3-1-2-16(23)12-17/h1-7,12-14H,8-11H2,(H,26,29). The van der Waals surface area contributed by atoms with Crippen molar-refractivity contribution in [2.75, 3.05) is 41.3 Å². The van der Waals surface area contributed by atoms with E-state index in [2.05, 4.69) is 25.1 Å². The summed E-state index contributed by atoms with van der Waals surface area (Å²) in [5, 5.41) is 2.64. The van der Waals surface area contributed by atoms with E-state index in [1.165, 1.54) is 36.7 Å². The van der Waals surface area contributed by atoms with Crippen LogP contribution in [-0.4, -0.2) is 42.1 Å². The van der Waals surface area contributed by atoms with Crippen molar-refractivity contribution < 1.29 is 13.6 Å². The van der Waals surface area contributed by atoms with Crippen LogP contribution in [0.5, 0.6) is 0 Å². The molecule has 0 unspecified atom stereocenters. The van der Waals surface area contributed by atoms with Crippen molar-refractivity contribution >= 4 is 23.1 Å². The zero-order valence-corrected chi connectivity index (χ0v) is 15.6. The van der Waals surface area contributed by atoms with E-state index in [9.17, 15) is 13.6 Å². The summed E-state index contributed by atoms with van der Waals surface area (Å²) in [7, 11) is 0. The Hall–Kier alpha value is -3.55. The van der Waals surface area contributed by atoms with E-state index in [4.69, 9.17) is 0 Å². The van der Waals surface area contributed by atoms with Crippen LogP contribution in [0.1, 0.15) is 10.5 Å². The second kappa shape index (κ2) is 8.22. The molecule has 0 saturated carbocycles. The molecule has 8 heteroatoms. The van der Waals surface area contributed by atoms with Crippen LogP contribution in [0.3, 0.4) is 0 Å². The minimum Gasteiger partial charge on any atom is -0.368 e. The van der Waals surface area contributed by atoms with Crippen LogP contribution in [0.2, 0.25) is 0 Å². The number of aromatic nitrogens is 2. The van der Waals surface area contributed by atoms with Gasteiger partial charge in [-0.15, -0.1) is 0 Å². The molecule has 1 aromatic heterocycles. The van der Waals surface area contributed by atoms with Crippen molar-refractivity contribution in [1.29, 1.82) is 0 Å². The summed E-state index contributed by atoms with van der Waals surface area (Å²) < 4.78 is 26.4. The van der Waals surface area contributed by atoms with Crippen molar-refractivity contribution in [1.82, 2.24) is 9.97 Å². The van der Waals surface area contributed by atoms with E-state index < -0.39 is 11.7 Å². The van der Waals surface area contributed by atoms with Gasteiger partial charge < -0.3 is 15.1 Å². The minimum atomic E-state index is -0.427. The molecule has 2 heterocycles. The Balaban J connectivity index is 1.41.